The van der Waals surface area contributed by atoms with Crippen LogP contribution in [0.3, 0.4) is 0 Å². The van der Waals surface area contributed by atoms with E-state index in [-0.39, 0.29) is 24.3 Å². The van der Waals surface area contributed by atoms with Crippen LogP contribution in [-0.2, 0) is 11.3 Å². The second-order valence-electron chi connectivity index (χ2n) is 8.20. The molecule has 0 bridgehead atoms. The molecule has 30 heavy (non-hydrogen) atoms. The number of aromatic nitrogens is 4. The molecule has 3 rings (SSSR count). The van der Waals surface area contributed by atoms with Gasteiger partial charge in [-0.1, -0.05) is 13.8 Å². The molecule has 0 aromatic carbocycles. The van der Waals surface area contributed by atoms with Crippen molar-refractivity contribution in [1.82, 2.24) is 19.3 Å². The molecule has 160 valence electrons. The molecule has 7 nitrogen and oxygen atoms in total. The summed E-state index contributed by atoms with van der Waals surface area (Å²) in [5.41, 5.74) is 4.33. The molecule has 0 fully saturated rings. The summed E-state index contributed by atoms with van der Waals surface area (Å²) in [7, 11) is 0. The van der Waals surface area contributed by atoms with E-state index in [0.29, 0.717) is 22.2 Å². The monoisotopic (exact) mass is 410 g/mol. The third-order valence-electron chi connectivity index (χ3n) is 5.41. The summed E-state index contributed by atoms with van der Waals surface area (Å²) in [6, 6.07) is 3.70. The zero-order valence-electron chi connectivity index (χ0n) is 18.8. The van der Waals surface area contributed by atoms with Crippen molar-refractivity contribution in [1.29, 1.82) is 0 Å². The summed E-state index contributed by atoms with van der Waals surface area (Å²) in [5.74, 6) is -0.605. The van der Waals surface area contributed by atoms with Crippen LogP contribution in [0.15, 0.2) is 18.3 Å². The number of rotatable bonds is 7. The number of esters is 1. The van der Waals surface area contributed by atoms with Gasteiger partial charge in [-0.15, -0.1) is 0 Å². The number of aryl methyl sites for hydroxylation is 1. The summed E-state index contributed by atoms with van der Waals surface area (Å²) in [6.45, 7) is 14.5. The van der Waals surface area contributed by atoms with Crippen LogP contribution in [-0.4, -0.2) is 37.7 Å². The summed E-state index contributed by atoms with van der Waals surface area (Å²) in [5, 5.41) is 5.03. The van der Waals surface area contributed by atoms with Gasteiger partial charge >= 0.3 is 5.97 Å². The zero-order chi connectivity index (χ0) is 22.2. The van der Waals surface area contributed by atoms with Crippen LogP contribution in [0.4, 0.5) is 0 Å². The molecule has 3 heterocycles. The van der Waals surface area contributed by atoms with Crippen molar-refractivity contribution in [3.8, 4) is 0 Å². The standard InChI is InChI=1S/C23H30N4O3/c1-8-26-15(6)9-17(16(26)7)21(28)12-30-23(29)18-10-20(13(2)3)25-22-19(18)11-24-27(22)14(4)5/h9-11,13-14H,8,12H2,1-7H3. The Morgan fingerprint density at radius 1 is 1.10 bits per heavy atom. The highest BCUT2D eigenvalue weighted by atomic mass is 16.5. The van der Waals surface area contributed by atoms with E-state index < -0.39 is 5.97 Å². The van der Waals surface area contributed by atoms with Crippen molar-refractivity contribution in [3.63, 3.8) is 0 Å². The van der Waals surface area contributed by atoms with Crippen molar-refractivity contribution in [2.24, 2.45) is 0 Å². The fraction of sp³-hybridized carbons (Fsp3) is 0.478. The Labute approximate surface area is 177 Å². The smallest absolute Gasteiger partial charge is 0.339 e. The highest BCUT2D eigenvalue weighted by molar-refractivity contribution is 6.05. The van der Waals surface area contributed by atoms with E-state index in [1.165, 1.54) is 0 Å². The third kappa shape index (κ3) is 3.88. The molecular formula is C23H30N4O3. The topological polar surface area (TPSA) is 79.0 Å². The van der Waals surface area contributed by atoms with E-state index in [1.807, 2.05) is 54.5 Å². The van der Waals surface area contributed by atoms with E-state index in [4.69, 9.17) is 9.72 Å². The van der Waals surface area contributed by atoms with Gasteiger partial charge in [-0.25, -0.2) is 14.5 Å². The molecule has 0 radical (unpaired) electrons. The molecule has 0 amide bonds. The van der Waals surface area contributed by atoms with Crippen LogP contribution in [0, 0.1) is 13.8 Å². The number of hydrogen-bond donors (Lipinski definition) is 0. The van der Waals surface area contributed by atoms with Crippen LogP contribution < -0.4 is 0 Å². The Bertz CT molecular complexity index is 1110. The fourth-order valence-corrected chi connectivity index (χ4v) is 3.74. The summed E-state index contributed by atoms with van der Waals surface area (Å²) >= 11 is 0. The van der Waals surface area contributed by atoms with Gasteiger partial charge in [0, 0.05) is 35.2 Å². The first kappa shape index (κ1) is 21.7. The second kappa shape index (κ2) is 8.42. The van der Waals surface area contributed by atoms with Gasteiger partial charge in [-0.05, 0) is 52.7 Å². The number of carbonyl (C=O) groups is 2. The van der Waals surface area contributed by atoms with Crippen LogP contribution >= 0.6 is 0 Å². The predicted octanol–water partition coefficient (Wildman–Crippen LogP) is 4.61. The number of nitrogens with zero attached hydrogens (tertiary/aromatic N) is 4. The van der Waals surface area contributed by atoms with Gasteiger partial charge in [0.1, 0.15) is 0 Å². The van der Waals surface area contributed by atoms with Crippen molar-refractivity contribution in [2.75, 3.05) is 6.61 Å². The maximum atomic E-state index is 12.9. The SMILES string of the molecule is CCn1c(C)cc(C(=O)COC(=O)c2cc(C(C)C)nc3c2cnn3C(C)C)c1C. The lowest BCUT2D eigenvalue weighted by atomic mass is 10.1. The molecule has 0 saturated heterocycles. The molecule has 3 aromatic heterocycles. The van der Waals surface area contributed by atoms with Gasteiger partial charge in [-0.2, -0.15) is 5.10 Å². The van der Waals surface area contributed by atoms with Crippen LogP contribution in [0.2, 0.25) is 0 Å². The largest absolute Gasteiger partial charge is 0.454 e. The first-order valence-corrected chi connectivity index (χ1v) is 10.4. The number of hydrogen-bond acceptors (Lipinski definition) is 5. The van der Waals surface area contributed by atoms with Gasteiger partial charge in [0.05, 0.1) is 17.1 Å². The zero-order valence-corrected chi connectivity index (χ0v) is 18.8. The molecule has 0 atom stereocenters. The quantitative estimate of drug-likeness (QED) is 0.420. The maximum absolute atomic E-state index is 12.9. The van der Waals surface area contributed by atoms with Crippen LogP contribution in [0.25, 0.3) is 11.0 Å². The van der Waals surface area contributed by atoms with Gasteiger partial charge in [0.2, 0.25) is 5.78 Å². The van der Waals surface area contributed by atoms with E-state index in [2.05, 4.69) is 9.67 Å². The summed E-state index contributed by atoms with van der Waals surface area (Å²) in [6.07, 6.45) is 1.64. The number of ketones is 1. The molecule has 0 aliphatic carbocycles. The van der Waals surface area contributed by atoms with Crippen molar-refractivity contribution < 1.29 is 14.3 Å². The van der Waals surface area contributed by atoms with E-state index in [1.54, 1.807) is 16.9 Å². The second-order valence-corrected chi connectivity index (χ2v) is 8.20. The van der Waals surface area contributed by atoms with E-state index >= 15 is 0 Å². The number of ether oxygens (including phenoxy) is 1. The first-order valence-electron chi connectivity index (χ1n) is 10.4. The molecular weight excluding hydrogens is 380 g/mol. The summed E-state index contributed by atoms with van der Waals surface area (Å²) in [4.78, 5) is 30.3. The highest BCUT2D eigenvalue weighted by Gasteiger charge is 2.22. The van der Waals surface area contributed by atoms with Gasteiger partial charge in [0.25, 0.3) is 0 Å². The molecule has 0 aliphatic heterocycles. The number of pyridine rings is 1. The Kier molecular flexibility index (Phi) is 6.10. The normalized spacial score (nSPS) is 11.6. The first-order chi connectivity index (χ1) is 14.1. The van der Waals surface area contributed by atoms with Crippen LogP contribution in [0.1, 0.15) is 84.4 Å². The van der Waals surface area contributed by atoms with Crippen molar-refractivity contribution in [3.05, 3.63) is 46.5 Å². The minimum absolute atomic E-state index is 0.108. The lowest BCUT2D eigenvalue weighted by molar-refractivity contribution is 0.0476. The minimum Gasteiger partial charge on any atom is -0.454 e. The molecule has 3 aromatic rings. The number of carbonyl (C=O) groups excluding carboxylic acids is 2. The maximum Gasteiger partial charge on any atom is 0.339 e. The number of Topliss-reactive ketones (excluding diaryl/α,β-unsaturated/α-hetero) is 1. The molecule has 0 saturated carbocycles. The summed E-state index contributed by atoms with van der Waals surface area (Å²) < 4.78 is 9.29. The van der Waals surface area contributed by atoms with Crippen molar-refractivity contribution >= 4 is 22.8 Å². The fourth-order valence-electron chi connectivity index (χ4n) is 3.74. The lowest BCUT2D eigenvalue weighted by Crippen LogP contribution is -2.16. The molecule has 0 spiro atoms. The predicted molar refractivity (Wildman–Crippen MR) is 116 cm³/mol. The van der Waals surface area contributed by atoms with Crippen molar-refractivity contribution in [2.45, 2.75) is 67.0 Å². The Balaban J connectivity index is 1.89. The highest BCUT2D eigenvalue weighted by Crippen LogP contribution is 2.25. The average molecular weight is 411 g/mol. The molecule has 7 heteroatoms. The molecule has 0 unspecified atom stereocenters. The van der Waals surface area contributed by atoms with Gasteiger partial charge < -0.3 is 9.30 Å². The lowest BCUT2D eigenvalue weighted by Gasteiger charge is -2.12. The van der Waals surface area contributed by atoms with Crippen LogP contribution in [0.5, 0.6) is 0 Å². The van der Waals surface area contributed by atoms with E-state index in [9.17, 15) is 9.59 Å². The molecule has 0 aliphatic rings. The van der Waals surface area contributed by atoms with Gasteiger partial charge in [0.15, 0.2) is 12.3 Å². The Morgan fingerprint density at radius 2 is 1.80 bits per heavy atom. The molecule has 0 N–H and O–H groups in total. The van der Waals surface area contributed by atoms with E-state index in [0.717, 1.165) is 23.6 Å². The Hall–Kier alpha value is -2.96. The minimum atomic E-state index is -0.537. The number of fused-ring (bicyclic) bond motifs is 1. The average Bonchev–Trinajstić information content (AvgIpc) is 3.25. The third-order valence-corrected chi connectivity index (χ3v) is 5.41. The van der Waals surface area contributed by atoms with Gasteiger partial charge in [-0.3, -0.25) is 4.79 Å². The Morgan fingerprint density at radius 3 is 2.37 bits per heavy atom.